The van der Waals surface area contributed by atoms with Crippen LogP contribution in [0.3, 0.4) is 0 Å². The van der Waals surface area contributed by atoms with E-state index in [1.807, 2.05) is 0 Å². The van der Waals surface area contributed by atoms with Crippen LogP contribution >= 0.6 is 0 Å². The van der Waals surface area contributed by atoms with E-state index >= 15 is 0 Å². The third kappa shape index (κ3) is 1.38. The molecule has 1 amide bonds. The smallest absolute Gasteiger partial charge is 0.230 e. The Morgan fingerprint density at radius 3 is 2.38 bits per heavy atom. The molecule has 1 aliphatic rings. The Hall–Kier alpha value is -1.52. The van der Waals surface area contributed by atoms with Gasteiger partial charge in [0.1, 0.15) is 0 Å². The van der Waals surface area contributed by atoms with Gasteiger partial charge < -0.3 is 5.32 Å². The normalized spacial score (nSPS) is 17.0. The maximum atomic E-state index is 13.5. The third-order valence-electron chi connectivity index (χ3n) is 2.96. The molecule has 1 fully saturated rings. The second kappa shape index (κ2) is 3.50. The van der Waals surface area contributed by atoms with Crippen LogP contribution in [0.5, 0.6) is 0 Å². The van der Waals surface area contributed by atoms with E-state index in [9.17, 15) is 18.0 Å². The highest BCUT2D eigenvalue weighted by atomic mass is 19.2. The summed E-state index contributed by atoms with van der Waals surface area (Å²) in [5, 5.41) is 2.41. The van der Waals surface area contributed by atoms with Gasteiger partial charge in [0, 0.05) is 12.6 Å². The van der Waals surface area contributed by atoms with Crippen LogP contribution in [0.15, 0.2) is 12.1 Å². The predicted octanol–water partition coefficient (Wildman–Crippen LogP) is 1.88. The zero-order valence-electron chi connectivity index (χ0n) is 8.61. The van der Waals surface area contributed by atoms with Crippen molar-refractivity contribution in [3.63, 3.8) is 0 Å². The molecule has 2 rings (SSSR count). The molecule has 0 atom stereocenters. The van der Waals surface area contributed by atoms with Crippen molar-refractivity contribution < 1.29 is 18.0 Å². The van der Waals surface area contributed by atoms with E-state index in [1.165, 1.54) is 7.05 Å². The lowest BCUT2D eigenvalue weighted by molar-refractivity contribution is -0.123. The molecule has 0 bridgehead atoms. The molecule has 0 heterocycles. The van der Waals surface area contributed by atoms with E-state index in [-0.39, 0.29) is 11.5 Å². The van der Waals surface area contributed by atoms with Gasteiger partial charge in [0.05, 0.1) is 5.41 Å². The van der Waals surface area contributed by atoms with Gasteiger partial charge in [-0.1, -0.05) is 6.07 Å². The Labute approximate surface area is 90.5 Å². The maximum Gasteiger partial charge on any atom is 0.230 e. The lowest BCUT2D eigenvalue weighted by Crippen LogP contribution is -2.32. The summed E-state index contributed by atoms with van der Waals surface area (Å²) < 4.78 is 39.3. The molecule has 1 N–H and O–H groups in total. The fourth-order valence-electron chi connectivity index (χ4n) is 1.88. The van der Waals surface area contributed by atoms with E-state index in [2.05, 4.69) is 5.32 Å². The first-order chi connectivity index (χ1) is 7.53. The molecule has 0 unspecified atom stereocenters. The minimum Gasteiger partial charge on any atom is -0.358 e. The van der Waals surface area contributed by atoms with Crippen LogP contribution in [0, 0.1) is 17.5 Å². The number of hydrogen-bond donors (Lipinski definition) is 1. The van der Waals surface area contributed by atoms with Gasteiger partial charge in [-0.2, -0.15) is 0 Å². The number of nitrogens with one attached hydrogen (secondary N) is 1. The molecule has 0 radical (unpaired) electrons. The molecule has 1 aromatic carbocycles. The second-order valence-electron chi connectivity index (χ2n) is 3.88. The van der Waals surface area contributed by atoms with E-state index < -0.39 is 22.9 Å². The van der Waals surface area contributed by atoms with Gasteiger partial charge >= 0.3 is 0 Å². The van der Waals surface area contributed by atoms with Crippen LogP contribution in [-0.4, -0.2) is 13.0 Å². The Morgan fingerprint density at radius 1 is 1.25 bits per heavy atom. The average Bonchev–Trinajstić information content (AvgIpc) is 3.06. The molecule has 1 aliphatic carbocycles. The highest BCUT2D eigenvalue weighted by Crippen LogP contribution is 2.49. The standard InChI is InChI=1S/C11H10F3NO/c1-15-10(16)11(4-5-11)6-2-3-7(12)9(14)8(6)13/h2-3H,4-5H2,1H3,(H,15,16). The zero-order chi connectivity index (χ0) is 11.9. The number of rotatable bonds is 2. The van der Waals surface area contributed by atoms with Crippen LogP contribution in [0.25, 0.3) is 0 Å². The minimum atomic E-state index is -1.52. The van der Waals surface area contributed by atoms with Gasteiger partial charge in [0.2, 0.25) is 5.91 Å². The molecule has 0 aromatic heterocycles. The average molecular weight is 229 g/mol. The highest BCUT2D eigenvalue weighted by Gasteiger charge is 2.52. The molecular formula is C11H10F3NO. The van der Waals surface area contributed by atoms with E-state index in [0.29, 0.717) is 12.8 Å². The van der Waals surface area contributed by atoms with Crippen LogP contribution in [0.4, 0.5) is 13.2 Å². The molecule has 0 aliphatic heterocycles. The first-order valence-corrected chi connectivity index (χ1v) is 4.89. The minimum absolute atomic E-state index is 0.0641. The number of benzene rings is 1. The van der Waals surface area contributed by atoms with E-state index in [1.54, 1.807) is 0 Å². The first-order valence-electron chi connectivity index (χ1n) is 4.89. The SMILES string of the molecule is CNC(=O)C1(c2ccc(F)c(F)c2F)CC1. The van der Waals surface area contributed by atoms with Crippen LogP contribution < -0.4 is 5.32 Å². The number of carbonyl (C=O) groups is 1. The van der Waals surface area contributed by atoms with Crippen molar-refractivity contribution in [3.05, 3.63) is 35.1 Å². The molecule has 1 saturated carbocycles. The molecule has 1 aromatic rings. The van der Waals surface area contributed by atoms with Crippen LogP contribution in [0.1, 0.15) is 18.4 Å². The summed E-state index contributed by atoms with van der Waals surface area (Å²) in [6, 6.07) is 1.98. The van der Waals surface area contributed by atoms with Crippen molar-refractivity contribution in [2.24, 2.45) is 0 Å². The van der Waals surface area contributed by atoms with Crippen molar-refractivity contribution in [3.8, 4) is 0 Å². The number of hydrogen-bond acceptors (Lipinski definition) is 1. The summed E-state index contributed by atoms with van der Waals surface area (Å²) in [5.74, 6) is -4.39. The Kier molecular flexibility index (Phi) is 2.40. The second-order valence-corrected chi connectivity index (χ2v) is 3.88. The molecule has 16 heavy (non-hydrogen) atoms. The summed E-state index contributed by atoms with van der Waals surface area (Å²) in [5.41, 5.74) is -1.07. The van der Waals surface area contributed by atoms with Gasteiger partial charge in [-0.25, -0.2) is 13.2 Å². The van der Waals surface area contributed by atoms with Crippen LogP contribution in [0.2, 0.25) is 0 Å². The number of amides is 1. The molecule has 2 nitrogen and oxygen atoms in total. The summed E-state index contributed by atoms with van der Waals surface area (Å²) in [4.78, 5) is 11.6. The molecule has 86 valence electrons. The lowest BCUT2D eigenvalue weighted by atomic mass is 9.94. The monoisotopic (exact) mass is 229 g/mol. The van der Waals surface area contributed by atoms with Crippen molar-refractivity contribution in [1.29, 1.82) is 0 Å². The maximum absolute atomic E-state index is 13.5. The predicted molar refractivity (Wildman–Crippen MR) is 51.3 cm³/mol. The lowest BCUT2D eigenvalue weighted by Gasteiger charge is -2.15. The van der Waals surface area contributed by atoms with Crippen molar-refractivity contribution >= 4 is 5.91 Å². The number of likely N-dealkylation sites (N-methyl/N-ethyl adjacent to an activating group) is 1. The van der Waals surface area contributed by atoms with Crippen molar-refractivity contribution in [2.45, 2.75) is 18.3 Å². The van der Waals surface area contributed by atoms with Gasteiger partial charge in [0.15, 0.2) is 17.5 Å². The number of halogens is 3. The fourth-order valence-corrected chi connectivity index (χ4v) is 1.88. The van der Waals surface area contributed by atoms with Crippen LogP contribution in [-0.2, 0) is 10.2 Å². The zero-order valence-corrected chi connectivity index (χ0v) is 8.61. The van der Waals surface area contributed by atoms with E-state index in [0.717, 1.165) is 12.1 Å². The van der Waals surface area contributed by atoms with Gasteiger partial charge in [0.25, 0.3) is 0 Å². The highest BCUT2D eigenvalue weighted by molar-refractivity contribution is 5.91. The third-order valence-corrected chi connectivity index (χ3v) is 2.96. The largest absolute Gasteiger partial charge is 0.358 e. The quantitative estimate of drug-likeness (QED) is 0.771. The first kappa shape index (κ1) is 11.0. The topological polar surface area (TPSA) is 29.1 Å². The molecular weight excluding hydrogens is 219 g/mol. The summed E-state index contributed by atoms with van der Waals surface area (Å²) in [7, 11) is 1.43. The Balaban J connectivity index is 2.50. The Morgan fingerprint density at radius 2 is 1.88 bits per heavy atom. The van der Waals surface area contributed by atoms with Crippen molar-refractivity contribution in [1.82, 2.24) is 5.32 Å². The Bertz CT molecular complexity index is 455. The summed E-state index contributed by atoms with van der Waals surface area (Å²) in [6.07, 6.45) is 0.906. The molecule has 0 saturated heterocycles. The summed E-state index contributed by atoms with van der Waals surface area (Å²) in [6.45, 7) is 0. The van der Waals surface area contributed by atoms with Crippen molar-refractivity contribution in [2.75, 3.05) is 7.05 Å². The van der Waals surface area contributed by atoms with Gasteiger partial charge in [-0.05, 0) is 18.9 Å². The number of carbonyl (C=O) groups excluding carboxylic acids is 1. The van der Waals surface area contributed by atoms with E-state index in [4.69, 9.17) is 0 Å². The molecule has 5 heteroatoms. The van der Waals surface area contributed by atoms with Gasteiger partial charge in [-0.15, -0.1) is 0 Å². The molecule has 0 spiro atoms. The summed E-state index contributed by atoms with van der Waals surface area (Å²) >= 11 is 0. The fraction of sp³-hybridized carbons (Fsp3) is 0.364. The van der Waals surface area contributed by atoms with Gasteiger partial charge in [-0.3, -0.25) is 4.79 Å².